The van der Waals surface area contributed by atoms with Crippen molar-refractivity contribution < 1.29 is 19.2 Å². The Morgan fingerprint density at radius 1 is 1.17 bits per heavy atom. The van der Waals surface area contributed by atoms with Crippen molar-refractivity contribution in [1.82, 2.24) is 10.4 Å². The van der Waals surface area contributed by atoms with Crippen LogP contribution < -0.4 is 5.48 Å². The van der Waals surface area contributed by atoms with Crippen LogP contribution in [0.25, 0.3) is 0 Å². The molecule has 0 bridgehead atoms. The molecule has 24 heavy (non-hydrogen) atoms. The van der Waals surface area contributed by atoms with Gasteiger partial charge in [0, 0.05) is 29.6 Å². The normalized spacial score (nSPS) is 24.0. The summed E-state index contributed by atoms with van der Waals surface area (Å²) < 4.78 is 6.34. The van der Waals surface area contributed by atoms with Crippen LogP contribution in [0.2, 0.25) is 0 Å². The second-order valence-corrected chi connectivity index (χ2v) is 6.96. The maximum absolute atomic E-state index is 12.6. The highest BCUT2D eigenvalue weighted by Crippen LogP contribution is 2.22. The van der Waals surface area contributed by atoms with Gasteiger partial charge in [0.25, 0.3) is 11.8 Å². The number of nitrogens with one attached hydrogen (secondary N) is 1. The molecule has 2 fully saturated rings. The molecule has 7 heteroatoms. The topological polar surface area (TPSA) is 67.9 Å². The summed E-state index contributed by atoms with van der Waals surface area (Å²) in [5.41, 5.74) is 3.05. The first-order chi connectivity index (χ1) is 11.6. The molecule has 130 valence electrons. The molecule has 0 spiro atoms. The van der Waals surface area contributed by atoms with Crippen molar-refractivity contribution in [1.29, 1.82) is 0 Å². The van der Waals surface area contributed by atoms with Gasteiger partial charge < -0.3 is 9.64 Å². The number of hydrogen-bond acceptors (Lipinski definition) is 4. The summed E-state index contributed by atoms with van der Waals surface area (Å²) in [6.45, 7) is 1.23. The van der Waals surface area contributed by atoms with E-state index in [1.54, 1.807) is 17.0 Å². The summed E-state index contributed by atoms with van der Waals surface area (Å²) in [5.74, 6) is -0.416. The standard InChI is InChI=1S/C17H21BrN2O4/c18-13-8-6-12(7-9-13)17(22)20-10-3-4-14(20)16(21)19-24-15-5-1-2-11-23-15/h6-9,14-15H,1-5,10-11H2,(H,19,21). The quantitative estimate of drug-likeness (QED) is 0.794. The van der Waals surface area contributed by atoms with Crippen LogP contribution in [0.4, 0.5) is 0 Å². The highest BCUT2D eigenvalue weighted by molar-refractivity contribution is 9.10. The summed E-state index contributed by atoms with van der Waals surface area (Å²) in [6, 6.07) is 6.66. The first kappa shape index (κ1) is 17.4. The number of carbonyl (C=O) groups is 2. The average molecular weight is 397 g/mol. The lowest BCUT2D eigenvalue weighted by Gasteiger charge is -2.26. The maximum atomic E-state index is 12.6. The van der Waals surface area contributed by atoms with E-state index in [9.17, 15) is 9.59 Å². The maximum Gasteiger partial charge on any atom is 0.266 e. The molecule has 0 saturated carbocycles. The minimum absolute atomic E-state index is 0.130. The van der Waals surface area contributed by atoms with Crippen molar-refractivity contribution in [2.24, 2.45) is 0 Å². The molecule has 0 aliphatic carbocycles. The molecule has 3 rings (SSSR count). The minimum atomic E-state index is -0.496. The van der Waals surface area contributed by atoms with Crippen LogP contribution in [-0.4, -0.2) is 42.2 Å². The number of rotatable bonds is 4. The zero-order chi connectivity index (χ0) is 16.9. The smallest absolute Gasteiger partial charge is 0.266 e. The second-order valence-electron chi connectivity index (χ2n) is 6.04. The summed E-state index contributed by atoms with van der Waals surface area (Å²) >= 11 is 3.35. The van der Waals surface area contributed by atoms with Crippen LogP contribution >= 0.6 is 15.9 Å². The molecule has 2 aliphatic heterocycles. The molecule has 1 aromatic rings. The van der Waals surface area contributed by atoms with E-state index in [1.165, 1.54) is 0 Å². The van der Waals surface area contributed by atoms with Gasteiger partial charge in [0.2, 0.25) is 0 Å². The van der Waals surface area contributed by atoms with E-state index in [1.807, 2.05) is 12.1 Å². The predicted octanol–water partition coefficient (Wildman–Crippen LogP) is 2.63. The minimum Gasteiger partial charge on any atom is -0.350 e. The predicted molar refractivity (Wildman–Crippen MR) is 91.0 cm³/mol. The lowest BCUT2D eigenvalue weighted by Crippen LogP contribution is -2.47. The zero-order valence-corrected chi connectivity index (χ0v) is 15.0. The summed E-state index contributed by atoms with van der Waals surface area (Å²) in [5, 5.41) is 0. The highest BCUT2D eigenvalue weighted by Gasteiger charge is 2.35. The van der Waals surface area contributed by atoms with Gasteiger partial charge in [-0.1, -0.05) is 15.9 Å². The molecule has 0 radical (unpaired) electrons. The molecule has 0 aromatic heterocycles. The molecule has 2 amide bonds. The van der Waals surface area contributed by atoms with Crippen LogP contribution in [0.1, 0.15) is 42.5 Å². The van der Waals surface area contributed by atoms with Crippen LogP contribution in [0, 0.1) is 0 Å². The molecular formula is C17H21BrN2O4. The van der Waals surface area contributed by atoms with Gasteiger partial charge in [-0.3, -0.25) is 9.59 Å². The van der Waals surface area contributed by atoms with Crippen molar-refractivity contribution in [3.8, 4) is 0 Å². The number of likely N-dealkylation sites (tertiary alicyclic amines) is 1. The molecule has 2 aliphatic rings. The van der Waals surface area contributed by atoms with Gasteiger partial charge in [-0.15, -0.1) is 0 Å². The lowest BCUT2D eigenvalue weighted by atomic mass is 10.1. The molecule has 6 nitrogen and oxygen atoms in total. The van der Waals surface area contributed by atoms with Gasteiger partial charge in [-0.25, -0.2) is 10.3 Å². The summed E-state index contributed by atoms with van der Waals surface area (Å²) in [7, 11) is 0. The van der Waals surface area contributed by atoms with Gasteiger partial charge in [-0.2, -0.15) is 0 Å². The number of benzene rings is 1. The van der Waals surface area contributed by atoms with Crippen LogP contribution in [-0.2, 0) is 14.4 Å². The fraction of sp³-hybridized carbons (Fsp3) is 0.529. The average Bonchev–Trinajstić information content (AvgIpc) is 3.10. The van der Waals surface area contributed by atoms with E-state index >= 15 is 0 Å². The Labute approximate surface area is 149 Å². The monoisotopic (exact) mass is 396 g/mol. The van der Waals surface area contributed by atoms with Crippen LogP contribution in [0.3, 0.4) is 0 Å². The van der Waals surface area contributed by atoms with Crippen molar-refractivity contribution >= 4 is 27.7 Å². The van der Waals surface area contributed by atoms with Crippen LogP contribution in [0.5, 0.6) is 0 Å². The molecule has 2 saturated heterocycles. The second kappa shape index (κ2) is 8.09. The fourth-order valence-electron chi connectivity index (χ4n) is 3.04. The molecule has 1 N–H and O–H groups in total. The first-order valence-electron chi connectivity index (χ1n) is 8.29. The Kier molecular flexibility index (Phi) is 5.86. The van der Waals surface area contributed by atoms with E-state index in [4.69, 9.17) is 9.57 Å². The first-order valence-corrected chi connectivity index (χ1v) is 9.08. The molecule has 2 atom stereocenters. The number of halogens is 1. The van der Waals surface area contributed by atoms with Crippen molar-refractivity contribution in [2.45, 2.75) is 44.4 Å². The molecule has 2 heterocycles. The van der Waals surface area contributed by atoms with E-state index < -0.39 is 6.04 Å². The number of nitrogens with zero attached hydrogens (tertiary/aromatic N) is 1. The van der Waals surface area contributed by atoms with E-state index in [-0.39, 0.29) is 18.1 Å². The Balaban J connectivity index is 1.58. The van der Waals surface area contributed by atoms with Gasteiger partial charge in [0.1, 0.15) is 6.04 Å². The van der Waals surface area contributed by atoms with Crippen molar-refractivity contribution in [3.63, 3.8) is 0 Å². The van der Waals surface area contributed by atoms with Gasteiger partial charge >= 0.3 is 0 Å². The molecule has 1 aromatic carbocycles. The largest absolute Gasteiger partial charge is 0.350 e. The molecule has 2 unspecified atom stereocenters. The van der Waals surface area contributed by atoms with E-state index in [0.29, 0.717) is 25.1 Å². The van der Waals surface area contributed by atoms with E-state index in [2.05, 4.69) is 21.4 Å². The Morgan fingerprint density at radius 3 is 2.67 bits per heavy atom. The highest BCUT2D eigenvalue weighted by atomic mass is 79.9. The SMILES string of the molecule is O=C(NOC1CCCCO1)C1CCCN1C(=O)c1ccc(Br)cc1. The Morgan fingerprint density at radius 2 is 1.96 bits per heavy atom. The number of hydrogen-bond donors (Lipinski definition) is 1. The fourth-order valence-corrected chi connectivity index (χ4v) is 3.30. The molecular weight excluding hydrogens is 376 g/mol. The van der Waals surface area contributed by atoms with Crippen molar-refractivity contribution in [3.05, 3.63) is 34.3 Å². The van der Waals surface area contributed by atoms with Crippen molar-refractivity contribution in [2.75, 3.05) is 13.2 Å². The third kappa shape index (κ3) is 4.15. The summed E-state index contributed by atoms with van der Waals surface area (Å²) in [4.78, 5) is 32.0. The Bertz CT molecular complexity index is 587. The zero-order valence-electron chi connectivity index (χ0n) is 13.4. The Hall–Kier alpha value is -1.44. The lowest BCUT2D eigenvalue weighted by molar-refractivity contribution is -0.201. The summed E-state index contributed by atoms with van der Waals surface area (Å²) in [6.07, 6.45) is 3.87. The third-order valence-electron chi connectivity index (χ3n) is 4.34. The van der Waals surface area contributed by atoms with E-state index in [0.717, 1.165) is 30.2 Å². The number of amides is 2. The number of ether oxygens (including phenoxy) is 1. The number of carbonyl (C=O) groups excluding carboxylic acids is 2. The number of hydroxylamine groups is 1. The third-order valence-corrected chi connectivity index (χ3v) is 4.87. The van der Waals surface area contributed by atoms with Crippen LogP contribution in [0.15, 0.2) is 28.7 Å². The van der Waals surface area contributed by atoms with Gasteiger partial charge in [0.05, 0.1) is 0 Å². The van der Waals surface area contributed by atoms with Gasteiger partial charge in [0.15, 0.2) is 6.29 Å². The van der Waals surface area contributed by atoms with Gasteiger partial charge in [-0.05, 0) is 49.9 Å².